The van der Waals surface area contributed by atoms with E-state index in [-0.39, 0.29) is 5.82 Å². The Bertz CT molecular complexity index is 673. The number of hydrogen-bond acceptors (Lipinski definition) is 6. The van der Waals surface area contributed by atoms with Gasteiger partial charge in [0.05, 0.1) is 19.8 Å². The molecule has 1 aliphatic rings. The van der Waals surface area contributed by atoms with Gasteiger partial charge in [0.15, 0.2) is 5.82 Å². The van der Waals surface area contributed by atoms with Gasteiger partial charge in [-0.25, -0.2) is 4.39 Å². The van der Waals surface area contributed by atoms with E-state index in [0.29, 0.717) is 30.2 Å². The average Bonchev–Trinajstić information content (AvgIpc) is 3.08. The van der Waals surface area contributed by atoms with E-state index in [4.69, 9.17) is 9.26 Å². The number of aromatic nitrogens is 2. The highest BCUT2D eigenvalue weighted by Crippen LogP contribution is 2.12. The van der Waals surface area contributed by atoms with Crippen molar-refractivity contribution in [3.8, 4) is 0 Å². The van der Waals surface area contributed by atoms with E-state index >= 15 is 0 Å². The molecule has 0 bridgehead atoms. The third-order valence-electron chi connectivity index (χ3n) is 4.59. The van der Waals surface area contributed by atoms with Crippen LogP contribution in [0.25, 0.3) is 0 Å². The molecule has 0 radical (unpaired) electrons. The zero-order valence-corrected chi connectivity index (χ0v) is 15.4. The van der Waals surface area contributed by atoms with Crippen LogP contribution in [-0.4, -0.2) is 66.4 Å². The summed E-state index contributed by atoms with van der Waals surface area (Å²) < 4.78 is 24.4. The van der Waals surface area contributed by atoms with Crippen molar-refractivity contribution in [3.63, 3.8) is 0 Å². The molecular formula is C19H27FN4O2. The SMILES string of the molecule is CN(CCCCN1CCOCC1)Cc1nc(Cc2ccccc2F)no1. The van der Waals surface area contributed by atoms with Crippen LogP contribution in [-0.2, 0) is 17.7 Å². The van der Waals surface area contributed by atoms with Gasteiger partial charge in [0.2, 0.25) is 5.89 Å². The normalized spacial score (nSPS) is 15.7. The van der Waals surface area contributed by atoms with Crippen LogP contribution in [0.4, 0.5) is 4.39 Å². The molecule has 26 heavy (non-hydrogen) atoms. The summed E-state index contributed by atoms with van der Waals surface area (Å²) in [7, 11) is 2.05. The Morgan fingerprint density at radius 3 is 2.81 bits per heavy atom. The second-order valence-corrected chi connectivity index (χ2v) is 6.77. The Hall–Kier alpha value is -1.83. The first-order valence-corrected chi connectivity index (χ1v) is 9.24. The molecule has 1 saturated heterocycles. The molecule has 1 aromatic heterocycles. The molecule has 0 N–H and O–H groups in total. The van der Waals surface area contributed by atoms with Gasteiger partial charge in [0.25, 0.3) is 0 Å². The van der Waals surface area contributed by atoms with Crippen molar-refractivity contribution >= 4 is 0 Å². The van der Waals surface area contributed by atoms with Crippen molar-refractivity contribution < 1.29 is 13.7 Å². The molecule has 0 unspecified atom stereocenters. The van der Waals surface area contributed by atoms with Crippen LogP contribution >= 0.6 is 0 Å². The van der Waals surface area contributed by atoms with Crippen LogP contribution in [0, 0.1) is 5.82 Å². The van der Waals surface area contributed by atoms with Gasteiger partial charge in [-0.05, 0) is 44.6 Å². The molecule has 7 heteroatoms. The molecule has 6 nitrogen and oxygen atoms in total. The van der Waals surface area contributed by atoms with Crippen LogP contribution in [0.5, 0.6) is 0 Å². The lowest BCUT2D eigenvalue weighted by Crippen LogP contribution is -2.37. The fraction of sp³-hybridized carbons (Fsp3) is 0.579. The van der Waals surface area contributed by atoms with Crippen LogP contribution in [0.3, 0.4) is 0 Å². The maximum absolute atomic E-state index is 13.7. The van der Waals surface area contributed by atoms with Gasteiger partial charge >= 0.3 is 0 Å². The van der Waals surface area contributed by atoms with E-state index in [1.807, 2.05) is 6.07 Å². The predicted octanol–water partition coefficient (Wildman–Crippen LogP) is 2.34. The number of ether oxygens (including phenoxy) is 1. The van der Waals surface area contributed by atoms with E-state index in [2.05, 4.69) is 27.0 Å². The Kier molecular flexibility index (Phi) is 7.11. The first-order valence-electron chi connectivity index (χ1n) is 9.24. The zero-order chi connectivity index (χ0) is 18.2. The minimum Gasteiger partial charge on any atom is -0.379 e. The molecule has 0 amide bonds. The Labute approximate surface area is 153 Å². The van der Waals surface area contributed by atoms with Gasteiger partial charge in [-0.1, -0.05) is 23.4 Å². The van der Waals surface area contributed by atoms with Gasteiger partial charge in [0.1, 0.15) is 5.82 Å². The van der Waals surface area contributed by atoms with Gasteiger partial charge in [-0.15, -0.1) is 0 Å². The highest BCUT2D eigenvalue weighted by Gasteiger charge is 2.12. The number of hydrogen-bond donors (Lipinski definition) is 0. The molecule has 2 aromatic rings. The van der Waals surface area contributed by atoms with E-state index in [0.717, 1.165) is 45.8 Å². The number of halogens is 1. The van der Waals surface area contributed by atoms with E-state index in [1.54, 1.807) is 12.1 Å². The number of rotatable bonds is 9. The van der Waals surface area contributed by atoms with Crippen LogP contribution in [0.1, 0.15) is 30.1 Å². The number of unbranched alkanes of at least 4 members (excludes halogenated alkanes) is 1. The van der Waals surface area contributed by atoms with E-state index in [1.165, 1.54) is 12.5 Å². The van der Waals surface area contributed by atoms with Gasteiger partial charge in [0, 0.05) is 19.5 Å². The largest absolute Gasteiger partial charge is 0.379 e. The number of benzene rings is 1. The molecule has 142 valence electrons. The third kappa shape index (κ3) is 5.86. The quantitative estimate of drug-likeness (QED) is 0.638. The smallest absolute Gasteiger partial charge is 0.240 e. The lowest BCUT2D eigenvalue weighted by molar-refractivity contribution is 0.0369. The van der Waals surface area contributed by atoms with Crippen molar-refractivity contribution in [1.29, 1.82) is 0 Å². The Morgan fingerprint density at radius 1 is 1.19 bits per heavy atom. The fourth-order valence-electron chi connectivity index (χ4n) is 3.09. The van der Waals surface area contributed by atoms with Gasteiger partial charge in [-0.3, -0.25) is 9.80 Å². The summed E-state index contributed by atoms with van der Waals surface area (Å²) in [4.78, 5) is 9.02. The molecule has 1 fully saturated rings. The van der Waals surface area contributed by atoms with Gasteiger partial charge in [-0.2, -0.15) is 4.98 Å². The van der Waals surface area contributed by atoms with Crippen molar-refractivity contribution in [1.82, 2.24) is 19.9 Å². The molecule has 0 spiro atoms. The molecular weight excluding hydrogens is 335 g/mol. The Morgan fingerprint density at radius 2 is 2.00 bits per heavy atom. The van der Waals surface area contributed by atoms with Crippen molar-refractivity contribution in [3.05, 3.63) is 47.4 Å². The fourth-order valence-corrected chi connectivity index (χ4v) is 3.09. The summed E-state index contributed by atoms with van der Waals surface area (Å²) in [5, 5.41) is 3.97. The van der Waals surface area contributed by atoms with E-state index in [9.17, 15) is 4.39 Å². The molecule has 0 aliphatic carbocycles. The van der Waals surface area contributed by atoms with Crippen LogP contribution in [0.2, 0.25) is 0 Å². The summed E-state index contributed by atoms with van der Waals surface area (Å²) in [6.07, 6.45) is 2.65. The Balaban J connectivity index is 1.37. The van der Waals surface area contributed by atoms with Gasteiger partial charge < -0.3 is 9.26 Å². The first kappa shape index (κ1) is 18.9. The summed E-state index contributed by atoms with van der Waals surface area (Å²) in [5.41, 5.74) is 0.580. The highest BCUT2D eigenvalue weighted by molar-refractivity contribution is 5.20. The second kappa shape index (κ2) is 9.75. The number of nitrogens with zero attached hydrogens (tertiary/aromatic N) is 4. The first-order chi connectivity index (χ1) is 12.7. The molecule has 1 aliphatic heterocycles. The average molecular weight is 362 g/mol. The standard InChI is InChI=1S/C19H27FN4O2/c1-23(8-4-5-9-24-10-12-25-13-11-24)15-19-21-18(22-26-19)14-16-6-2-3-7-17(16)20/h2-3,6-7H,4-5,8-15H2,1H3. The maximum Gasteiger partial charge on any atom is 0.240 e. The van der Waals surface area contributed by atoms with Crippen LogP contribution in [0.15, 0.2) is 28.8 Å². The van der Waals surface area contributed by atoms with Crippen LogP contribution < -0.4 is 0 Å². The second-order valence-electron chi connectivity index (χ2n) is 6.77. The van der Waals surface area contributed by atoms with Crippen molar-refractivity contribution in [2.24, 2.45) is 0 Å². The monoisotopic (exact) mass is 362 g/mol. The summed E-state index contributed by atoms with van der Waals surface area (Å²) in [6.45, 7) is 6.52. The van der Waals surface area contributed by atoms with Crippen molar-refractivity contribution in [2.45, 2.75) is 25.8 Å². The van der Waals surface area contributed by atoms with Crippen molar-refractivity contribution in [2.75, 3.05) is 46.4 Å². The molecule has 2 heterocycles. The maximum atomic E-state index is 13.7. The molecule has 0 atom stereocenters. The summed E-state index contributed by atoms with van der Waals surface area (Å²) >= 11 is 0. The predicted molar refractivity (Wildman–Crippen MR) is 96.3 cm³/mol. The van der Waals surface area contributed by atoms with E-state index < -0.39 is 0 Å². The summed E-state index contributed by atoms with van der Waals surface area (Å²) in [6, 6.07) is 6.67. The lowest BCUT2D eigenvalue weighted by atomic mass is 10.1. The molecule has 3 rings (SSSR count). The minimum absolute atomic E-state index is 0.240. The number of morpholine rings is 1. The highest BCUT2D eigenvalue weighted by atomic mass is 19.1. The topological polar surface area (TPSA) is 54.6 Å². The zero-order valence-electron chi connectivity index (χ0n) is 15.4. The minimum atomic E-state index is -0.240. The molecule has 1 aromatic carbocycles. The molecule has 0 saturated carbocycles. The lowest BCUT2D eigenvalue weighted by Gasteiger charge is -2.26. The summed E-state index contributed by atoms with van der Waals surface area (Å²) in [5.74, 6) is 0.856. The third-order valence-corrected chi connectivity index (χ3v) is 4.59.